The number of hydrogen-bond donors (Lipinski definition) is 1. The van der Waals surface area contributed by atoms with Gasteiger partial charge in [-0.15, -0.1) is 0 Å². The molecular formula is C25H24ClFN6O4. The van der Waals surface area contributed by atoms with Crippen LogP contribution in [0.5, 0.6) is 6.01 Å². The van der Waals surface area contributed by atoms with Gasteiger partial charge in [-0.1, -0.05) is 23.7 Å². The molecule has 10 nitrogen and oxygen atoms in total. The van der Waals surface area contributed by atoms with Crippen LogP contribution in [0.15, 0.2) is 41.3 Å². The maximum absolute atomic E-state index is 14.0. The summed E-state index contributed by atoms with van der Waals surface area (Å²) in [6.07, 6.45) is 1.48. The van der Waals surface area contributed by atoms with Crippen LogP contribution in [0.1, 0.15) is 22.8 Å². The minimum atomic E-state index is -1.46. The minimum absolute atomic E-state index is 0.0591. The van der Waals surface area contributed by atoms with E-state index in [2.05, 4.69) is 15.3 Å². The summed E-state index contributed by atoms with van der Waals surface area (Å²) in [5.74, 6) is -1.06. The molecule has 3 aromatic heterocycles. The largest absolute Gasteiger partial charge is 0.468 e. The number of carbonyl (C=O) groups is 2. The smallest absolute Gasteiger partial charge is 0.296 e. The van der Waals surface area contributed by atoms with E-state index in [-0.39, 0.29) is 30.8 Å². The van der Waals surface area contributed by atoms with Gasteiger partial charge in [-0.05, 0) is 30.7 Å². The highest BCUT2D eigenvalue weighted by atomic mass is 35.5. The molecule has 0 unspecified atom stereocenters. The molecule has 5 rings (SSSR count). The first-order valence-corrected chi connectivity index (χ1v) is 11.9. The average Bonchev–Trinajstić information content (AvgIpc) is 3.19. The summed E-state index contributed by atoms with van der Waals surface area (Å²) in [6.45, 7) is 1.07. The minimum Gasteiger partial charge on any atom is -0.468 e. The number of aromatic nitrogens is 4. The van der Waals surface area contributed by atoms with Crippen LogP contribution in [0, 0.1) is 0 Å². The molecule has 0 radical (unpaired) electrons. The molecule has 4 heterocycles. The van der Waals surface area contributed by atoms with E-state index in [9.17, 15) is 18.8 Å². The lowest BCUT2D eigenvalue weighted by atomic mass is 9.99. The fourth-order valence-electron chi connectivity index (χ4n) is 4.53. The predicted molar refractivity (Wildman–Crippen MR) is 136 cm³/mol. The number of aryl methyl sites for hydroxylation is 1. The fraction of sp³-hybridized carbons (Fsp3) is 0.320. The Morgan fingerprint density at radius 2 is 1.95 bits per heavy atom. The number of pyridine rings is 2. The molecule has 1 aliphatic heterocycles. The molecule has 0 atom stereocenters. The summed E-state index contributed by atoms with van der Waals surface area (Å²) < 4.78 is 22.1. The third-order valence-electron chi connectivity index (χ3n) is 6.39. The van der Waals surface area contributed by atoms with Crippen LogP contribution < -0.4 is 15.6 Å². The van der Waals surface area contributed by atoms with Crippen molar-refractivity contribution in [3.05, 3.63) is 63.0 Å². The molecular weight excluding hydrogens is 503 g/mol. The lowest BCUT2D eigenvalue weighted by Gasteiger charge is -2.42. The summed E-state index contributed by atoms with van der Waals surface area (Å²) in [4.78, 5) is 49.7. The number of nitrogens with zero attached hydrogens (tertiary/aromatic N) is 5. The van der Waals surface area contributed by atoms with Crippen molar-refractivity contribution in [1.82, 2.24) is 29.3 Å². The average molecular weight is 527 g/mol. The first-order valence-electron chi connectivity index (χ1n) is 11.5. The first kappa shape index (κ1) is 24.7. The third kappa shape index (κ3) is 4.50. The number of halogens is 2. The lowest BCUT2D eigenvalue weighted by molar-refractivity contribution is -0.144. The molecule has 12 heteroatoms. The Hall–Kier alpha value is -3.99. The van der Waals surface area contributed by atoms with Crippen LogP contribution in [0.3, 0.4) is 0 Å². The Balaban J connectivity index is 1.59. The summed E-state index contributed by atoms with van der Waals surface area (Å²) in [7, 11) is 3.21. The van der Waals surface area contributed by atoms with Crippen LogP contribution in [0.2, 0.25) is 5.02 Å². The van der Waals surface area contributed by atoms with Gasteiger partial charge in [-0.25, -0.2) is 9.37 Å². The van der Waals surface area contributed by atoms with Crippen molar-refractivity contribution in [3.63, 3.8) is 0 Å². The molecule has 4 aromatic rings. The van der Waals surface area contributed by atoms with Crippen LogP contribution in [-0.4, -0.2) is 61.7 Å². The van der Waals surface area contributed by atoms with Crippen molar-refractivity contribution in [2.45, 2.75) is 25.7 Å². The van der Waals surface area contributed by atoms with Gasteiger partial charge in [0.15, 0.2) is 0 Å². The van der Waals surface area contributed by atoms with E-state index in [1.807, 2.05) is 0 Å². The number of carbonyl (C=O) groups excluding carboxylic acids is 2. The normalized spacial score (nSPS) is 14.6. The van der Waals surface area contributed by atoms with Crippen LogP contribution in [-0.2, 0) is 24.9 Å². The lowest BCUT2D eigenvalue weighted by Crippen LogP contribution is -2.60. The van der Waals surface area contributed by atoms with Crippen LogP contribution in [0.4, 0.5) is 4.39 Å². The Morgan fingerprint density at radius 3 is 2.59 bits per heavy atom. The molecule has 1 saturated heterocycles. The highest BCUT2D eigenvalue weighted by Crippen LogP contribution is 2.28. The topological polar surface area (TPSA) is 111 Å². The monoisotopic (exact) mass is 526 g/mol. The van der Waals surface area contributed by atoms with Gasteiger partial charge in [0.25, 0.3) is 17.5 Å². The molecule has 1 fully saturated rings. The maximum Gasteiger partial charge on any atom is 0.296 e. The molecule has 0 aliphatic carbocycles. The van der Waals surface area contributed by atoms with E-state index in [1.165, 1.54) is 31.2 Å². The number of hydrogen-bond acceptors (Lipinski definition) is 6. The van der Waals surface area contributed by atoms with Crippen molar-refractivity contribution in [2.24, 2.45) is 7.05 Å². The second-order valence-corrected chi connectivity index (χ2v) is 9.74. The van der Waals surface area contributed by atoms with Gasteiger partial charge in [0.2, 0.25) is 5.91 Å². The number of methoxy groups -OCH3 is 1. The number of imidazole rings is 1. The predicted octanol–water partition coefficient (Wildman–Crippen LogP) is 2.45. The number of fused-ring (bicyclic) bond motifs is 3. The number of likely N-dealkylation sites (tertiary alicyclic amines) is 1. The van der Waals surface area contributed by atoms with Gasteiger partial charge in [0, 0.05) is 24.0 Å². The van der Waals surface area contributed by atoms with Crippen molar-refractivity contribution < 1.29 is 18.7 Å². The van der Waals surface area contributed by atoms with Gasteiger partial charge in [0.05, 0.1) is 31.9 Å². The van der Waals surface area contributed by atoms with Crippen molar-refractivity contribution >= 4 is 45.5 Å². The number of amides is 2. The summed E-state index contributed by atoms with van der Waals surface area (Å²) in [6, 6.07) is 8.70. The fourth-order valence-corrected chi connectivity index (χ4v) is 4.66. The first-order chi connectivity index (χ1) is 17.6. The number of benzene rings is 1. The molecule has 2 amide bonds. The molecule has 1 aliphatic rings. The zero-order valence-electron chi connectivity index (χ0n) is 20.4. The van der Waals surface area contributed by atoms with E-state index >= 15 is 0 Å². The maximum atomic E-state index is 14.0. The molecule has 0 saturated carbocycles. The Bertz CT molecular complexity index is 1600. The molecule has 1 N–H and O–H groups in total. The molecule has 1 aromatic carbocycles. The number of alkyl halides is 1. The number of rotatable bonds is 6. The van der Waals surface area contributed by atoms with E-state index in [0.29, 0.717) is 27.5 Å². The second-order valence-electron chi connectivity index (χ2n) is 9.31. The van der Waals surface area contributed by atoms with Gasteiger partial charge >= 0.3 is 0 Å². The molecule has 192 valence electrons. The van der Waals surface area contributed by atoms with Crippen LogP contribution in [0.25, 0.3) is 22.1 Å². The SMILES string of the molecule is COc1nc2cnc3c(cc(C(=O)NCc4ccc(Cl)cc4)c(=O)n3CC(=O)N3CC(C)(F)C3)c2n1C. The van der Waals surface area contributed by atoms with Crippen LogP contribution >= 0.6 is 11.6 Å². The Kier molecular flexibility index (Phi) is 6.10. The summed E-state index contributed by atoms with van der Waals surface area (Å²) >= 11 is 5.93. The Labute approximate surface area is 215 Å². The van der Waals surface area contributed by atoms with E-state index in [1.54, 1.807) is 35.9 Å². The van der Waals surface area contributed by atoms with Gasteiger partial charge in [0.1, 0.15) is 28.9 Å². The second kappa shape index (κ2) is 9.15. The Morgan fingerprint density at radius 1 is 1.24 bits per heavy atom. The zero-order valence-corrected chi connectivity index (χ0v) is 21.2. The number of nitrogens with one attached hydrogen (secondary N) is 1. The molecule has 37 heavy (non-hydrogen) atoms. The third-order valence-corrected chi connectivity index (χ3v) is 6.64. The zero-order chi connectivity index (χ0) is 26.5. The quantitative estimate of drug-likeness (QED) is 0.413. The molecule has 0 bridgehead atoms. The van der Waals surface area contributed by atoms with Gasteiger partial charge in [-0.3, -0.25) is 23.5 Å². The van der Waals surface area contributed by atoms with Crippen molar-refractivity contribution in [1.29, 1.82) is 0 Å². The molecule has 0 spiro atoms. The van der Waals surface area contributed by atoms with Crippen molar-refractivity contribution in [3.8, 4) is 6.01 Å². The summed E-state index contributed by atoms with van der Waals surface area (Å²) in [5.41, 5.74) is -0.235. The van der Waals surface area contributed by atoms with Gasteiger partial charge in [-0.2, -0.15) is 4.98 Å². The highest BCUT2D eigenvalue weighted by molar-refractivity contribution is 6.30. The van der Waals surface area contributed by atoms with Gasteiger partial charge < -0.3 is 15.0 Å². The summed E-state index contributed by atoms with van der Waals surface area (Å²) in [5, 5.41) is 3.76. The number of ether oxygens (including phenoxy) is 1. The van der Waals surface area contributed by atoms with E-state index < -0.39 is 29.6 Å². The standard InChI is InChI=1S/C25H24ClFN6O4/c1-25(27)12-32(13-25)19(34)11-33-21-16(20-18(10-28-21)30-24(37-3)31(20)2)8-17(23(33)36)22(35)29-9-14-4-6-15(26)7-5-14/h4-8,10H,9,11-13H2,1-3H3,(H,29,35). The van der Waals surface area contributed by atoms with Crippen molar-refractivity contribution in [2.75, 3.05) is 20.2 Å². The van der Waals surface area contributed by atoms with E-state index in [0.717, 1.165) is 10.1 Å². The van der Waals surface area contributed by atoms with E-state index in [4.69, 9.17) is 16.3 Å². The highest BCUT2D eigenvalue weighted by Gasteiger charge is 2.41.